The highest BCUT2D eigenvalue weighted by atomic mass is 35.5. The molecule has 0 atom stereocenters. The highest BCUT2D eigenvalue weighted by Crippen LogP contribution is 2.30. The van der Waals surface area contributed by atoms with Gasteiger partial charge in [-0.15, -0.1) is 0 Å². The molecule has 0 aliphatic rings. The second-order valence-electron chi connectivity index (χ2n) is 3.57. The van der Waals surface area contributed by atoms with E-state index in [2.05, 4.69) is 0 Å². The lowest BCUT2D eigenvalue weighted by Gasteiger charge is -2.12. The molecule has 1 rings (SSSR count). The van der Waals surface area contributed by atoms with Crippen LogP contribution < -0.4 is 0 Å². The number of hydrogen-bond donors (Lipinski definition) is 0. The summed E-state index contributed by atoms with van der Waals surface area (Å²) >= 11 is 5.79. The third-order valence-corrected chi connectivity index (χ3v) is 2.35. The zero-order valence-corrected chi connectivity index (χ0v) is 9.24. The summed E-state index contributed by atoms with van der Waals surface area (Å²) in [5.41, 5.74) is 0.442. The van der Waals surface area contributed by atoms with Gasteiger partial charge in [-0.1, -0.05) is 23.7 Å². The highest BCUT2D eigenvalue weighted by molar-refractivity contribution is 6.31. The van der Waals surface area contributed by atoms with Crippen LogP contribution in [0.3, 0.4) is 0 Å². The van der Waals surface area contributed by atoms with Crippen LogP contribution in [-0.4, -0.2) is 5.78 Å². The number of halogens is 3. The molecule has 4 heteroatoms. The van der Waals surface area contributed by atoms with E-state index < -0.39 is 5.92 Å². The first-order chi connectivity index (χ1) is 6.80. The van der Waals surface area contributed by atoms with Crippen molar-refractivity contribution >= 4 is 17.4 Å². The number of ketones is 1. The lowest BCUT2D eigenvalue weighted by Crippen LogP contribution is -2.07. The molecule has 0 bridgehead atoms. The predicted octanol–water partition coefficient (Wildman–Crippen LogP) is 3.58. The molecule has 0 amide bonds. The Morgan fingerprint density at radius 3 is 2.47 bits per heavy atom. The van der Waals surface area contributed by atoms with Crippen molar-refractivity contribution in [2.45, 2.75) is 26.2 Å². The van der Waals surface area contributed by atoms with E-state index in [4.69, 9.17) is 11.6 Å². The minimum atomic E-state index is -2.90. The molecular formula is C11H11ClF2O. The minimum absolute atomic E-state index is 0.0482. The molecule has 1 aromatic carbocycles. The van der Waals surface area contributed by atoms with Crippen LogP contribution in [0.2, 0.25) is 5.02 Å². The van der Waals surface area contributed by atoms with Crippen molar-refractivity contribution in [3.63, 3.8) is 0 Å². The third kappa shape index (κ3) is 3.27. The van der Waals surface area contributed by atoms with Crippen LogP contribution in [0.25, 0.3) is 0 Å². The monoisotopic (exact) mass is 232 g/mol. The number of rotatable bonds is 3. The van der Waals surface area contributed by atoms with Gasteiger partial charge in [0, 0.05) is 23.9 Å². The topological polar surface area (TPSA) is 17.1 Å². The van der Waals surface area contributed by atoms with Gasteiger partial charge in [-0.3, -0.25) is 4.79 Å². The van der Waals surface area contributed by atoms with Crippen molar-refractivity contribution in [3.05, 3.63) is 34.3 Å². The Balaban J connectivity index is 3.03. The Morgan fingerprint density at radius 2 is 2.07 bits per heavy atom. The SMILES string of the molecule is CC(=O)Cc1ccc(C(C)(F)F)cc1Cl. The van der Waals surface area contributed by atoms with Gasteiger partial charge < -0.3 is 0 Å². The first kappa shape index (κ1) is 12.1. The molecule has 82 valence electrons. The maximum Gasteiger partial charge on any atom is 0.270 e. The van der Waals surface area contributed by atoms with E-state index in [1.54, 1.807) is 0 Å². The van der Waals surface area contributed by atoms with E-state index in [1.165, 1.54) is 25.1 Å². The first-order valence-electron chi connectivity index (χ1n) is 4.47. The van der Waals surface area contributed by atoms with Gasteiger partial charge in [0.15, 0.2) is 0 Å². The number of alkyl halides is 2. The molecule has 15 heavy (non-hydrogen) atoms. The van der Waals surface area contributed by atoms with Crippen molar-refractivity contribution < 1.29 is 13.6 Å². The molecule has 1 aromatic rings. The summed E-state index contributed by atoms with van der Waals surface area (Å²) in [4.78, 5) is 10.8. The van der Waals surface area contributed by atoms with Crippen molar-refractivity contribution in [1.29, 1.82) is 0 Å². The molecule has 0 spiro atoms. The summed E-state index contributed by atoms with van der Waals surface area (Å²) in [6.07, 6.45) is 0.175. The van der Waals surface area contributed by atoms with Gasteiger partial charge in [0.05, 0.1) is 0 Å². The number of carbonyl (C=O) groups excluding carboxylic acids is 1. The second kappa shape index (κ2) is 4.27. The van der Waals surface area contributed by atoms with Crippen LogP contribution in [0.1, 0.15) is 25.0 Å². The van der Waals surface area contributed by atoms with Crippen LogP contribution in [0, 0.1) is 0 Å². The minimum Gasteiger partial charge on any atom is -0.300 e. The summed E-state index contributed by atoms with van der Waals surface area (Å²) in [6.45, 7) is 2.24. The van der Waals surface area contributed by atoms with E-state index in [-0.39, 0.29) is 22.8 Å². The molecule has 0 aliphatic heterocycles. The van der Waals surface area contributed by atoms with E-state index in [0.717, 1.165) is 6.92 Å². The lowest BCUT2D eigenvalue weighted by molar-refractivity contribution is -0.116. The van der Waals surface area contributed by atoms with Gasteiger partial charge >= 0.3 is 0 Å². The van der Waals surface area contributed by atoms with E-state index in [0.29, 0.717) is 5.56 Å². The third-order valence-electron chi connectivity index (χ3n) is 2.00. The van der Waals surface area contributed by atoms with Crippen LogP contribution in [-0.2, 0) is 17.1 Å². The molecule has 0 aromatic heterocycles. The predicted molar refractivity (Wildman–Crippen MR) is 55.4 cm³/mol. The van der Waals surface area contributed by atoms with Crippen molar-refractivity contribution in [1.82, 2.24) is 0 Å². The summed E-state index contributed by atoms with van der Waals surface area (Å²) in [5.74, 6) is -2.95. The molecule has 0 fully saturated rings. The number of hydrogen-bond acceptors (Lipinski definition) is 1. The molecule has 1 nitrogen and oxygen atoms in total. The quantitative estimate of drug-likeness (QED) is 0.779. The van der Waals surface area contributed by atoms with Gasteiger partial charge in [-0.2, -0.15) is 0 Å². The fourth-order valence-corrected chi connectivity index (χ4v) is 1.48. The van der Waals surface area contributed by atoms with Crippen LogP contribution in [0.5, 0.6) is 0 Å². The van der Waals surface area contributed by atoms with Crippen LogP contribution >= 0.6 is 11.6 Å². The molecule has 0 N–H and O–H groups in total. The van der Waals surface area contributed by atoms with Gasteiger partial charge in [-0.25, -0.2) is 8.78 Å². The number of Topliss-reactive ketones (excluding diaryl/α,β-unsaturated/α-hetero) is 1. The smallest absolute Gasteiger partial charge is 0.270 e. The first-order valence-corrected chi connectivity index (χ1v) is 4.84. The Morgan fingerprint density at radius 1 is 1.47 bits per heavy atom. The largest absolute Gasteiger partial charge is 0.300 e. The molecule has 0 radical (unpaired) electrons. The highest BCUT2D eigenvalue weighted by Gasteiger charge is 2.24. The van der Waals surface area contributed by atoms with Gasteiger partial charge in [0.1, 0.15) is 5.78 Å². The number of carbonyl (C=O) groups is 1. The molecule has 0 saturated heterocycles. The fraction of sp³-hybridized carbons (Fsp3) is 0.364. The molecule has 0 saturated carbocycles. The molecule has 0 heterocycles. The lowest BCUT2D eigenvalue weighted by atomic mass is 10.0. The standard InChI is InChI=1S/C11H11ClF2O/c1-7(15)5-8-3-4-9(6-10(8)12)11(2,13)14/h3-4,6H,5H2,1-2H3. The summed E-state index contributed by atoms with van der Waals surface area (Å²) in [5, 5.41) is 0.212. The Kier molecular flexibility index (Phi) is 3.45. The van der Waals surface area contributed by atoms with E-state index >= 15 is 0 Å². The number of benzene rings is 1. The molecule has 0 aliphatic carbocycles. The summed E-state index contributed by atoms with van der Waals surface area (Å²) < 4.78 is 25.8. The zero-order valence-electron chi connectivity index (χ0n) is 8.48. The average molecular weight is 233 g/mol. The molecular weight excluding hydrogens is 222 g/mol. The van der Waals surface area contributed by atoms with Crippen molar-refractivity contribution in [2.75, 3.05) is 0 Å². The van der Waals surface area contributed by atoms with Gasteiger partial charge in [0.2, 0.25) is 0 Å². The van der Waals surface area contributed by atoms with E-state index in [9.17, 15) is 13.6 Å². The van der Waals surface area contributed by atoms with E-state index in [1.807, 2.05) is 0 Å². The zero-order chi connectivity index (χ0) is 11.6. The normalized spacial score (nSPS) is 11.5. The van der Waals surface area contributed by atoms with Crippen LogP contribution in [0.4, 0.5) is 8.78 Å². The fourth-order valence-electron chi connectivity index (χ4n) is 1.23. The second-order valence-corrected chi connectivity index (χ2v) is 3.98. The summed E-state index contributed by atoms with van der Waals surface area (Å²) in [6, 6.07) is 3.97. The van der Waals surface area contributed by atoms with Gasteiger partial charge in [-0.05, 0) is 18.6 Å². The maximum atomic E-state index is 12.9. The molecule has 0 unspecified atom stereocenters. The summed E-state index contributed by atoms with van der Waals surface area (Å²) in [7, 11) is 0. The average Bonchev–Trinajstić information content (AvgIpc) is 2.05. The van der Waals surface area contributed by atoms with Crippen LogP contribution in [0.15, 0.2) is 18.2 Å². The van der Waals surface area contributed by atoms with Gasteiger partial charge in [0.25, 0.3) is 5.92 Å². The maximum absolute atomic E-state index is 12.9. The van der Waals surface area contributed by atoms with Crippen molar-refractivity contribution in [3.8, 4) is 0 Å². The Hall–Kier alpha value is -0.960. The Labute approximate surface area is 92.1 Å². The van der Waals surface area contributed by atoms with Crippen molar-refractivity contribution in [2.24, 2.45) is 0 Å². The Bertz CT molecular complexity index is 383.